The van der Waals surface area contributed by atoms with Crippen LogP contribution in [-0.4, -0.2) is 65.9 Å². The normalized spacial score (nSPS) is 12.0. The molecule has 0 saturated carbocycles. The molecule has 8 heteroatoms. The third-order valence-corrected chi connectivity index (χ3v) is 5.37. The summed E-state index contributed by atoms with van der Waals surface area (Å²) in [5, 5.41) is 15.9. The number of hydrogen-bond donors (Lipinski definition) is 1. The van der Waals surface area contributed by atoms with Crippen molar-refractivity contribution in [1.82, 2.24) is 14.7 Å². The number of nitrogens with zero attached hydrogens (tertiary/aromatic N) is 3. The van der Waals surface area contributed by atoms with Crippen molar-refractivity contribution in [2.24, 2.45) is 7.05 Å². The Balaban J connectivity index is 1.92. The molecule has 1 heterocycles. The second-order valence-electron chi connectivity index (χ2n) is 7.78. The predicted octanol–water partition coefficient (Wildman–Crippen LogP) is 3.99. The average Bonchev–Trinajstić information content (AvgIpc) is 3.14. The summed E-state index contributed by atoms with van der Waals surface area (Å²) in [4.78, 5) is 2.09. The standard InChI is InChI=1S/C26H30ClN3O4/c1-4-15-33-19-22(31)17-30(14-16-32-3)18-24-25(20-8-6-5-7-9-20)28-29(2)26(24)34-23-12-10-21(27)11-13-23/h1,5-13,22,31H,14-19H2,2-3H3. The zero-order chi connectivity index (χ0) is 24.3. The van der Waals surface area contributed by atoms with Crippen LogP contribution in [0.5, 0.6) is 11.6 Å². The number of rotatable bonds is 13. The Hall–Kier alpha value is -2.86. The van der Waals surface area contributed by atoms with E-state index in [9.17, 15) is 5.11 Å². The summed E-state index contributed by atoms with van der Waals surface area (Å²) >= 11 is 6.04. The fraction of sp³-hybridized carbons (Fsp3) is 0.346. The molecule has 2 aromatic carbocycles. The van der Waals surface area contributed by atoms with Crippen molar-refractivity contribution in [2.45, 2.75) is 12.6 Å². The van der Waals surface area contributed by atoms with Gasteiger partial charge in [0, 0.05) is 44.4 Å². The van der Waals surface area contributed by atoms with E-state index in [1.807, 2.05) is 49.5 Å². The fourth-order valence-electron chi connectivity index (χ4n) is 3.55. The highest BCUT2D eigenvalue weighted by atomic mass is 35.5. The zero-order valence-corrected chi connectivity index (χ0v) is 20.2. The van der Waals surface area contributed by atoms with Crippen molar-refractivity contribution in [1.29, 1.82) is 0 Å². The largest absolute Gasteiger partial charge is 0.439 e. The first-order valence-corrected chi connectivity index (χ1v) is 11.3. The minimum absolute atomic E-state index is 0.153. The summed E-state index contributed by atoms with van der Waals surface area (Å²) < 4.78 is 18.6. The van der Waals surface area contributed by atoms with Gasteiger partial charge in [-0.1, -0.05) is 47.9 Å². The van der Waals surface area contributed by atoms with Crippen molar-refractivity contribution in [2.75, 3.05) is 40.0 Å². The maximum atomic E-state index is 10.5. The van der Waals surface area contributed by atoms with Gasteiger partial charge in [0.2, 0.25) is 5.88 Å². The monoisotopic (exact) mass is 483 g/mol. The highest BCUT2D eigenvalue weighted by Gasteiger charge is 2.23. The fourth-order valence-corrected chi connectivity index (χ4v) is 3.67. The number of benzene rings is 2. The maximum absolute atomic E-state index is 10.5. The summed E-state index contributed by atoms with van der Waals surface area (Å²) in [5.41, 5.74) is 2.69. The van der Waals surface area contributed by atoms with Gasteiger partial charge in [-0.2, -0.15) is 5.10 Å². The average molecular weight is 484 g/mol. The van der Waals surface area contributed by atoms with Crippen molar-refractivity contribution in [3.63, 3.8) is 0 Å². The second-order valence-corrected chi connectivity index (χ2v) is 8.22. The van der Waals surface area contributed by atoms with Gasteiger partial charge >= 0.3 is 0 Å². The number of aliphatic hydroxyl groups is 1. The molecule has 1 atom stereocenters. The molecule has 1 unspecified atom stereocenters. The summed E-state index contributed by atoms with van der Waals surface area (Å²) in [6.07, 6.45) is 4.53. The van der Waals surface area contributed by atoms with Gasteiger partial charge in [-0.25, -0.2) is 4.68 Å². The third-order valence-electron chi connectivity index (χ3n) is 5.12. The van der Waals surface area contributed by atoms with Crippen LogP contribution in [0.25, 0.3) is 11.3 Å². The van der Waals surface area contributed by atoms with Gasteiger partial charge in [-0.05, 0) is 24.3 Å². The van der Waals surface area contributed by atoms with Crippen LogP contribution >= 0.6 is 11.6 Å². The van der Waals surface area contributed by atoms with Gasteiger partial charge in [0.05, 0.1) is 24.9 Å². The van der Waals surface area contributed by atoms with Crippen LogP contribution in [0.2, 0.25) is 5.02 Å². The molecule has 0 amide bonds. The molecular weight excluding hydrogens is 454 g/mol. The number of ether oxygens (including phenoxy) is 3. The van der Waals surface area contributed by atoms with Crippen LogP contribution in [-0.2, 0) is 23.1 Å². The van der Waals surface area contributed by atoms with Crippen LogP contribution < -0.4 is 4.74 Å². The van der Waals surface area contributed by atoms with E-state index in [1.165, 1.54) is 0 Å². The molecule has 0 aliphatic carbocycles. The second kappa shape index (κ2) is 13.1. The molecule has 3 aromatic rings. The summed E-state index contributed by atoms with van der Waals surface area (Å²) in [5.74, 6) is 3.68. The number of aliphatic hydroxyl groups excluding tert-OH is 1. The van der Waals surface area contributed by atoms with Gasteiger partial charge in [-0.3, -0.25) is 4.90 Å². The van der Waals surface area contributed by atoms with Crippen LogP contribution in [0.4, 0.5) is 0 Å². The number of hydrogen-bond acceptors (Lipinski definition) is 6. The molecule has 34 heavy (non-hydrogen) atoms. The van der Waals surface area contributed by atoms with Gasteiger partial charge in [0.1, 0.15) is 18.1 Å². The van der Waals surface area contributed by atoms with E-state index in [-0.39, 0.29) is 13.2 Å². The molecule has 0 fully saturated rings. The summed E-state index contributed by atoms with van der Waals surface area (Å²) in [7, 11) is 3.50. The van der Waals surface area contributed by atoms with E-state index in [2.05, 4.69) is 10.8 Å². The Morgan fingerprint density at radius 1 is 1.18 bits per heavy atom. The van der Waals surface area contributed by atoms with Gasteiger partial charge in [-0.15, -0.1) is 6.42 Å². The summed E-state index contributed by atoms with van der Waals surface area (Å²) in [6, 6.07) is 17.1. The highest BCUT2D eigenvalue weighted by Crippen LogP contribution is 2.34. The van der Waals surface area contributed by atoms with Crippen molar-refractivity contribution < 1.29 is 19.3 Å². The van der Waals surface area contributed by atoms with Crippen LogP contribution in [0.15, 0.2) is 54.6 Å². The SMILES string of the molecule is C#CCOCC(O)CN(CCOC)Cc1c(-c2ccccc2)nn(C)c1Oc1ccc(Cl)cc1. The molecule has 1 N–H and O–H groups in total. The van der Waals surface area contributed by atoms with E-state index in [4.69, 9.17) is 37.3 Å². The Kier molecular flexibility index (Phi) is 9.95. The molecule has 0 aliphatic heterocycles. The van der Waals surface area contributed by atoms with Crippen molar-refractivity contribution in [3.8, 4) is 35.2 Å². The molecule has 0 spiro atoms. The lowest BCUT2D eigenvalue weighted by Crippen LogP contribution is -2.36. The zero-order valence-electron chi connectivity index (χ0n) is 19.5. The van der Waals surface area contributed by atoms with Gasteiger partial charge in [0.15, 0.2) is 0 Å². The molecule has 0 aliphatic rings. The molecule has 1 aromatic heterocycles. The molecule has 7 nitrogen and oxygen atoms in total. The van der Waals surface area contributed by atoms with E-state index >= 15 is 0 Å². The van der Waals surface area contributed by atoms with Crippen LogP contribution in [0.1, 0.15) is 5.56 Å². The van der Waals surface area contributed by atoms with E-state index in [0.717, 1.165) is 16.8 Å². The number of aromatic nitrogens is 2. The van der Waals surface area contributed by atoms with Crippen molar-refractivity contribution in [3.05, 3.63) is 65.2 Å². The van der Waals surface area contributed by atoms with Crippen molar-refractivity contribution >= 4 is 11.6 Å². The van der Waals surface area contributed by atoms with Gasteiger partial charge in [0.25, 0.3) is 0 Å². The first-order chi connectivity index (χ1) is 16.5. The Morgan fingerprint density at radius 2 is 1.91 bits per heavy atom. The summed E-state index contributed by atoms with van der Waals surface area (Å²) in [6.45, 7) is 2.28. The smallest absolute Gasteiger partial charge is 0.222 e. The number of methoxy groups -OCH3 is 1. The van der Waals surface area contributed by atoms with E-state index in [0.29, 0.717) is 42.9 Å². The molecule has 0 bridgehead atoms. The minimum atomic E-state index is -0.706. The first-order valence-electron chi connectivity index (χ1n) is 11.0. The maximum Gasteiger partial charge on any atom is 0.222 e. The molecule has 0 saturated heterocycles. The predicted molar refractivity (Wildman–Crippen MR) is 133 cm³/mol. The molecular formula is C26H30ClN3O4. The third kappa shape index (κ3) is 7.32. The first kappa shape index (κ1) is 25.8. The number of aryl methyl sites for hydroxylation is 1. The molecule has 0 radical (unpaired) electrons. The number of halogens is 1. The van der Waals surface area contributed by atoms with Gasteiger partial charge < -0.3 is 19.3 Å². The lowest BCUT2D eigenvalue weighted by atomic mass is 10.1. The quantitative estimate of drug-likeness (QED) is 0.293. The van der Waals surface area contributed by atoms with Crippen LogP contribution in [0, 0.1) is 12.3 Å². The van der Waals surface area contributed by atoms with E-state index < -0.39 is 6.10 Å². The lowest BCUT2D eigenvalue weighted by Gasteiger charge is -2.25. The molecule has 180 valence electrons. The minimum Gasteiger partial charge on any atom is -0.439 e. The lowest BCUT2D eigenvalue weighted by molar-refractivity contribution is 0.0206. The Morgan fingerprint density at radius 3 is 2.59 bits per heavy atom. The number of terminal acetylenes is 1. The molecule has 3 rings (SSSR count). The van der Waals surface area contributed by atoms with E-state index in [1.54, 1.807) is 23.9 Å². The Labute approximate surface area is 205 Å². The highest BCUT2D eigenvalue weighted by molar-refractivity contribution is 6.30. The Bertz CT molecular complexity index is 1060. The topological polar surface area (TPSA) is 69.0 Å². The van der Waals surface area contributed by atoms with Crippen LogP contribution in [0.3, 0.4) is 0 Å².